The molecule has 1 aromatic heterocycles. The Morgan fingerprint density at radius 2 is 2.20 bits per heavy atom. The van der Waals surface area contributed by atoms with Gasteiger partial charge in [0.15, 0.2) is 0 Å². The maximum atomic E-state index is 11.7. The van der Waals surface area contributed by atoms with Crippen LogP contribution in [0.5, 0.6) is 0 Å². The van der Waals surface area contributed by atoms with E-state index in [1.807, 2.05) is 17.5 Å². The van der Waals surface area contributed by atoms with Crippen LogP contribution < -0.4 is 0 Å². The summed E-state index contributed by atoms with van der Waals surface area (Å²) in [6, 6.07) is 3.85. The maximum Gasteiger partial charge on any atom is 0.411 e. The first kappa shape index (κ1) is 13.0. The van der Waals surface area contributed by atoms with E-state index in [0.29, 0.717) is 6.42 Å². The second-order valence-electron chi connectivity index (χ2n) is 2.94. The molecule has 0 saturated heterocycles. The second-order valence-corrected chi connectivity index (χ2v) is 5.02. The van der Waals surface area contributed by atoms with Gasteiger partial charge in [-0.2, -0.15) is 13.2 Å². The van der Waals surface area contributed by atoms with Crippen molar-refractivity contribution in [3.63, 3.8) is 0 Å². The van der Waals surface area contributed by atoms with Crippen LogP contribution >= 0.6 is 27.3 Å². The Morgan fingerprint density at radius 3 is 2.73 bits per heavy atom. The van der Waals surface area contributed by atoms with Gasteiger partial charge in [-0.15, -0.1) is 11.3 Å². The lowest BCUT2D eigenvalue weighted by atomic mass is 10.3. The van der Waals surface area contributed by atoms with Crippen LogP contribution in [-0.2, 0) is 4.74 Å². The Balaban J connectivity index is 2.16. The molecule has 0 aromatic carbocycles. The molecule has 0 aliphatic carbocycles. The average molecular weight is 303 g/mol. The van der Waals surface area contributed by atoms with Crippen LogP contribution in [0.2, 0.25) is 0 Å². The van der Waals surface area contributed by atoms with Crippen molar-refractivity contribution in [3.05, 3.63) is 22.4 Å². The van der Waals surface area contributed by atoms with E-state index in [0.717, 1.165) is 4.88 Å². The van der Waals surface area contributed by atoms with E-state index in [1.54, 1.807) is 11.3 Å². The molecule has 1 rings (SSSR count). The summed E-state index contributed by atoms with van der Waals surface area (Å²) in [6.07, 6.45) is -3.69. The van der Waals surface area contributed by atoms with Gasteiger partial charge in [0, 0.05) is 11.5 Å². The highest BCUT2D eigenvalue weighted by Crippen LogP contribution is 2.30. The third kappa shape index (κ3) is 5.53. The molecule has 0 bridgehead atoms. The van der Waals surface area contributed by atoms with Gasteiger partial charge in [-0.3, -0.25) is 0 Å². The minimum atomic E-state index is -4.23. The van der Waals surface area contributed by atoms with E-state index in [-0.39, 0.29) is 11.4 Å². The van der Waals surface area contributed by atoms with Crippen LogP contribution in [0.25, 0.3) is 0 Å². The molecule has 0 spiro atoms. The molecule has 1 atom stereocenters. The molecule has 0 amide bonds. The standard InChI is InChI=1S/C9H10BrF3OS/c10-7(8-2-1-5-15-8)3-4-14-6-9(11,12)13/h1-2,5,7H,3-4,6H2. The van der Waals surface area contributed by atoms with E-state index in [9.17, 15) is 13.2 Å². The van der Waals surface area contributed by atoms with Crippen molar-refractivity contribution in [2.24, 2.45) is 0 Å². The predicted octanol–water partition coefficient (Wildman–Crippen LogP) is 4.15. The summed E-state index contributed by atoms with van der Waals surface area (Å²) < 4.78 is 39.7. The van der Waals surface area contributed by atoms with Crippen LogP contribution in [0, 0.1) is 0 Å². The molecule has 1 nitrogen and oxygen atoms in total. The number of rotatable bonds is 5. The molecule has 0 aliphatic heterocycles. The highest BCUT2D eigenvalue weighted by molar-refractivity contribution is 9.09. The molecule has 0 radical (unpaired) electrons. The van der Waals surface area contributed by atoms with E-state index in [4.69, 9.17) is 0 Å². The van der Waals surface area contributed by atoms with Gasteiger partial charge >= 0.3 is 6.18 Å². The number of halogens is 4. The summed E-state index contributed by atoms with van der Waals surface area (Å²) in [4.78, 5) is 1.18. The molecule has 0 N–H and O–H groups in total. The van der Waals surface area contributed by atoms with E-state index < -0.39 is 12.8 Å². The zero-order chi connectivity index (χ0) is 11.3. The molecule has 6 heteroatoms. The van der Waals surface area contributed by atoms with Gasteiger partial charge in [0.25, 0.3) is 0 Å². The molecule has 0 aliphatic rings. The topological polar surface area (TPSA) is 9.23 Å². The van der Waals surface area contributed by atoms with Crippen LogP contribution in [0.4, 0.5) is 13.2 Å². The summed E-state index contributed by atoms with van der Waals surface area (Å²) in [6.45, 7) is -1.06. The Kier molecular flexibility index (Phi) is 5.08. The number of thiophene rings is 1. The molecular formula is C9H10BrF3OS. The fourth-order valence-electron chi connectivity index (χ4n) is 0.986. The summed E-state index contributed by atoms with van der Waals surface area (Å²) >= 11 is 4.96. The van der Waals surface area contributed by atoms with E-state index in [2.05, 4.69) is 20.7 Å². The molecule has 1 aromatic rings. The molecule has 1 unspecified atom stereocenters. The Morgan fingerprint density at radius 1 is 1.47 bits per heavy atom. The highest BCUT2D eigenvalue weighted by Gasteiger charge is 2.27. The van der Waals surface area contributed by atoms with Crippen molar-refractivity contribution in [1.29, 1.82) is 0 Å². The first-order valence-electron chi connectivity index (χ1n) is 4.31. The quantitative estimate of drug-likeness (QED) is 0.586. The normalized spacial score (nSPS) is 14.1. The van der Waals surface area contributed by atoms with Gasteiger partial charge in [0.1, 0.15) is 6.61 Å². The van der Waals surface area contributed by atoms with E-state index >= 15 is 0 Å². The van der Waals surface area contributed by atoms with Crippen molar-refractivity contribution in [2.75, 3.05) is 13.2 Å². The van der Waals surface area contributed by atoms with Gasteiger partial charge in [-0.1, -0.05) is 22.0 Å². The molecule has 0 saturated carbocycles. The Hall–Kier alpha value is -0.0700. The van der Waals surface area contributed by atoms with Crippen LogP contribution in [0.1, 0.15) is 16.1 Å². The summed E-state index contributed by atoms with van der Waals surface area (Å²) in [5.74, 6) is 0. The smallest absolute Gasteiger partial charge is 0.372 e. The molecule has 86 valence electrons. The minimum absolute atomic E-state index is 0.0748. The van der Waals surface area contributed by atoms with Gasteiger partial charge in [-0.25, -0.2) is 0 Å². The van der Waals surface area contributed by atoms with Crippen molar-refractivity contribution < 1.29 is 17.9 Å². The van der Waals surface area contributed by atoms with Gasteiger partial charge < -0.3 is 4.74 Å². The van der Waals surface area contributed by atoms with Gasteiger partial charge in [0.2, 0.25) is 0 Å². The predicted molar refractivity (Wildman–Crippen MR) is 57.5 cm³/mol. The first-order chi connectivity index (χ1) is 6.99. The lowest BCUT2D eigenvalue weighted by Crippen LogP contribution is -2.17. The Bertz CT molecular complexity index is 273. The monoisotopic (exact) mass is 302 g/mol. The number of ether oxygens (including phenoxy) is 1. The van der Waals surface area contributed by atoms with Crippen molar-refractivity contribution in [3.8, 4) is 0 Å². The molecular weight excluding hydrogens is 293 g/mol. The fourth-order valence-corrected chi connectivity index (χ4v) is 2.39. The highest BCUT2D eigenvalue weighted by atomic mass is 79.9. The lowest BCUT2D eigenvalue weighted by molar-refractivity contribution is -0.174. The largest absolute Gasteiger partial charge is 0.411 e. The summed E-state index contributed by atoms with van der Waals surface area (Å²) in [7, 11) is 0. The van der Waals surface area contributed by atoms with Gasteiger partial charge in [-0.05, 0) is 17.9 Å². The van der Waals surface area contributed by atoms with Crippen molar-refractivity contribution >= 4 is 27.3 Å². The van der Waals surface area contributed by atoms with Crippen molar-refractivity contribution in [1.82, 2.24) is 0 Å². The molecule has 0 fully saturated rings. The van der Waals surface area contributed by atoms with Crippen LogP contribution in [-0.4, -0.2) is 19.4 Å². The first-order valence-corrected chi connectivity index (χ1v) is 6.10. The SMILES string of the molecule is FC(F)(F)COCCC(Br)c1cccs1. The zero-order valence-electron chi connectivity index (χ0n) is 7.76. The lowest BCUT2D eigenvalue weighted by Gasteiger charge is -2.09. The molecule has 1 heterocycles. The summed E-state index contributed by atoms with van der Waals surface area (Å²) in [5.41, 5.74) is 0. The van der Waals surface area contributed by atoms with E-state index in [1.165, 1.54) is 0 Å². The third-order valence-electron chi connectivity index (χ3n) is 1.63. The molecule has 15 heavy (non-hydrogen) atoms. The Labute approximate surface area is 98.4 Å². The van der Waals surface area contributed by atoms with Crippen molar-refractivity contribution in [2.45, 2.75) is 17.4 Å². The van der Waals surface area contributed by atoms with Crippen LogP contribution in [0.3, 0.4) is 0 Å². The average Bonchev–Trinajstić information content (AvgIpc) is 2.63. The number of hydrogen-bond donors (Lipinski definition) is 0. The fraction of sp³-hybridized carbons (Fsp3) is 0.556. The minimum Gasteiger partial charge on any atom is -0.372 e. The number of alkyl halides is 4. The van der Waals surface area contributed by atoms with Crippen LogP contribution in [0.15, 0.2) is 17.5 Å². The number of hydrogen-bond acceptors (Lipinski definition) is 2. The maximum absolute atomic E-state index is 11.7. The zero-order valence-corrected chi connectivity index (χ0v) is 10.2. The van der Waals surface area contributed by atoms with Gasteiger partial charge in [0.05, 0.1) is 4.83 Å². The summed E-state index contributed by atoms with van der Waals surface area (Å²) in [5, 5.41) is 1.93. The third-order valence-corrected chi connectivity index (χ3v) is 3.87. The second kappa shape index (κ2) is 5.86.